The van der Waals surface area contributed by atoms with Crippen molar-refractivity contribution in [3.63, 3.8) is 0 Å². The molecule has 39 heavy (non-hydrogen) atoms. The van der Waals surface area contributed by atoms with E-state index in [-0.39, 0.29) is 11.8 Å². The van der Waals surface area contributed by atoms with Crippen LogP contribution < -0.4 is 4.43 Å². The number of hydrogen-bond acceptors (Lipinski definition) is 4. The molecule has 2 aromatic carbocycles. The summed E-state index contributed by atoms with van der Waals surface area (Å²) < 4.78 is 7.08. The Kier molecular flexibility index (Phi) is 9.68. The second-order valence-electron chi connectivity index (χ2n) is 12.9. The van der Waals surface area contributed by atoms with Crippen molar-refractivity contribution < 1.29 is 9.22 Å². The molecule has 0 saturated carbocycles. The summed E-state index contributed by atoms with van der Waals surface area (Å²) in [5.41, 5.74) is 4.53. The lowest BCUT2D eigenvalue weighted by atomic mass is 9.94. The topological polar surface area (TPSA) is 29.5 Å². The summed E-state index contributed by atoms with van der Waals surface area (Å²) >= 11 is 8.06. The zero-order valence-corrected chi connectivity index (χ0v) is 28.0. The average molecular weight is 586 g/mol. The van der Waals surface area contributed by atoms with E-state index >= 15 is 0 Å². The lowest BCUT2D eigenvalue weighted by Crippen LogP contribution is -2.51. The van der Waals surface area contributed by atoms with E-state index in [1.165, 1.54) is 17.7 Å². The highest BCUT2D eigenvalue weighted by Crippen LogP contribution is 2.46. The maximum Gasteiger partial charge on any atom is 0.258 e. The van der Waals surface area contributed by atoms with E-state index < -0.39 is 8.32 Å². The summed E-state index contributed by atoms with van der Waals surface area (Å²) in [6, 6.07) is 13.2. The van der Waals surface area contributed by atoms with Gasteiger partial charge < -0.3 is 4.43 Å². The number of aryl methyl sites for hydroxylation is 2. The monoisotopic (exact) mass is 585 g/mol. The highest BCUT2D eigenvalue weighted by molar-refractivity contribution is 8.00. The minimum atomic E-state index is -2.07. The first kappa shape index (κ1) is 30.7. The van der Waals surface area contributed by atoms with Crippen LogP contribution in [0.4, 0.5) is 0 Å². The summed E-state index contributed by atoms with van der Waals surface area (Å²) in [7, 11) is -2.07. The minimum absolute atomic E-state index is 0.106. The van der Waals surface area contributed by atoms with Crippen molar-refractivity contribution in [3.05, 3.63) is 58.1 Å². The van der Waals surface area contributed by atoms with Crippen molar-refractivity contribution in [2.75, 3.05) is 0 Å². The van der Waals surface area contributed by atoms with Gasteiger partial charge in [0.1, 0.15) is 5.75 Å². The minimum Gasteiger partial charge on any atom is -0.542 e. The first-order chi connectivity index (χ1) is 18.3. The van der Waals surface area contributed by atoms with Gasteiger partial charge in [-0.05, 0) is 111 Å². The summed E-state index contributed by atoms with van der Waals surface area (Å²) in [6.07, 6.45) is 4.66. The number of carbonyl (C=O) groups is 1. The van der Waals surface area contributed by atoms with Crippen LogP contribution in [0, 0.1) is 13.8 Å². The van der Waals surface area contributed by atoms with Crippen molar-refractivity contribution in [1.29, 1.82) is 0 Å². The Labute approximate surface area is 247 Å². The van der Waals surface area contributed by atoms with Crippen LogP contribution in [0.2, 0.25) is 21.6 Å². The fourth-order valence-corrected chi connectivity index (χ4v) is 14.6. The van der Waals surface area contributed by atoms with Gasteiger partial charge in [0.25, 0.3) is 8.32 Å². The molecule has 0 amide bonds. The Balaban J connectivity index is 1.50. The second kappa shape index (κ2) is 12.3. The van der Waals surface area contributed by atoms with Crippen LogP contribution in [-0.4, -0.2) is 42.4 Å². The van der Waals surface area contributed by atoms with Crippen LogP contribution in [0.1, 0.15) is 95.6 Å². The molecule has 0 spiro atoms. The average Bonchev–Trinajstić information content (AvgIpc) is 3.13. The van der Waals surface area contributed by atoms with Gasteiger partial charge in [-0.25, -0.2) is 0 Å². The molecule has 2 aliphatic heterocycles. The molecule has 0 aliphatic carbocycles. The number of rotatable bonds is 10. The number of halogens is 1. The number of carbonyl (C=O) groups excluding carboxylic acids is 1. The lowest BCUT2D eigenvalue weighted by molar-refractivity contribution is 0.0650. The van der Waals surface area contributed by atoms with Gasteiger partial charge in [0.2, 0.25) is 0 Å². The third-order valence-corrected chi connectivity index (χ3v) is 16.9. The van der Waals surface area contributed by atoms with E-state index in [4.69, 9.17) is 16.0 Å². The van der Waals surface area contributed by atoms with Gasteiger partial charge in [0.15, 0.2) is 5.78 Å². The van der Waals surface area contributed by atoms with Crippen LogP contribution in [-0.2, 0) is 0 Å². The number of thioether (sulfide) groups is 1. The van der Waals surface area contributed by atoms with E-state index in [2.05, 4.69) is 91.5 Å². The molecule has 0 radical (unpaired) electrons. The molecule has 2 aromatic rings. The van der Waals surface area contributed by atoms with E-state index in [1.807, 2.05) is 23.9 Å². The molecule has 214 valence electrons. The zero-order valence-electron chi connectivity index (χ0n) is 25.4. The molecule has 0 aromatic heterocycles. The third kappa shape index (κ3) is 6.17. The van der Waals surface area contributed by atoms with Gasteiger partial charge in [0, 0.05) is 32.8 Å². The highest BCUT2D eigenvalue weighted by Gasteiger charge is 2.48. The number of benzene rings is 2. The summed E-state index contributed by atoms with van der Waals surface area (Å²) in [5.74, 6) is 1.25. The molecule has 3 unspecified atom stereocenters. The van der Waals surface area contributed by atoms with E-state index in [0.29, 0.717) is 34.0 Å². The van der Waals surface area contributed by atoms with E-state index in [1.54, 1.807) is 0 Å². The van der Waals surface area contributed by atoms with Crippen LogP contribution in [0.5, 0.6) is 5.75 Å². The maximum atomic E-state index is 13.9. The Bertz CT molecular complexity index is 1110. The van der Waals surface area contributed by atoms with Crippen LogP contribution in [0.3, 0.4) is 0 Å². The number of hydrogen-bond donors (Lipinski definition) is 0. The fraction of sp³-hybridized carbons (Fsp3) is 0.606. The third-order valence-electron chi connectivity index (χ3n) is 9.42. The quantitative estimate of drug-likeness (QED) is 0.205. The molecule has 3 atom stereocenters. The Morgan fingerprint density at radius 3 is 1.85 bits per heavy atom. The van der Waals surface area contributed by atoms with Crippen LogP contribution in [0.15, 0.2) is 41.3 Å². The molecule has 2 saturated heterocycles. The second-order valence-corrected chi connectivity index (χ2v) is 20.1. The van der Waals surface area contributed by atoms with Gasteiger partial charge >= 0.3 is 0 Å². The molecule has 2 heterocycles. The summed E-state index contributed by atoms with van der Waals surface area (Å²) in [6.45, 7) is 20.3. The smallest absolute Gasteiger partial charge is 0.258 e. The maximum absolute atomic E-state index is 13.9. The first-order valence-electron chi connectivity index (χ1n) is 14.9. The number of ketones is 1. The van der Waals surface area contributed by atoms with Crippen molar-refractivity contribution >= 4 is 37.5 Å². The number of Topliss-reactive ketones (excluding diaryl/α,β-unsaturated/α-hetero) is 1. The van der Waals surface area contributed by atoms with Gasteiger partial charge in [-0.3, -0.25) is 9.69 Å². The number of piperidine rings is 1. The molecular weight excluding hydrogens is 538 g/mol. The standard InChI is InChI=1S/C33H48ClNO2SSi/c1-20(2)39(21(3)4,22(5)6)37-33-23(7)16-26(17-24(33)8)32(36)25(9)35-28-12-13-29(35)19-31(18-28)38-30-14-10-27(34)11-15-30/h10-11,14-17,20-22,25,28-29,31H,12-13,18-19H2,1-9H3. The Hall–Kier alpha value is -1.27. The van der Waals surface area contributed by atoms with Crippen molar-refractivity contribution in [2.24, 2.45) is 0 Å². The molecule has 3 nitrogen and oxygen atoms in total. The predicted molar refractivity (Wildman–Crippen MR) is 170 cm³/mol. The molecule has 2 bridgehead atoms. The normalized spacial score (nSPS) is 22.6. The van der Waals surface area contributed by atoms with Gasteiger partial charge in [0.05, 0.1) is 6.04 Å². The SMILES string of the molecule is Cc1cc(C(=O)C(C)N2C3CCC2CC(Sc2ccc(Cl)cc2)C3)cc(C)c1O[Si](C(C)C)(C(C)C)C(C)C. The molecular formula is C33H48ClNO2SSi. The van der Waals surface area contributed by atoms with Crippen LogP contribution in [0.25, 0.3) is 0 Å². The predicted octanol–water partition coefficient (Wildman–Crippen LogP) is 9.87. The van der Waals surface area contributed by atoms with Crippen molar-refractivity contribution in [1.82, 2.24) is 4.90 Å². The van der Waals surface area contributed by atoms with Gasteiger partial charge in [-0.2, -0.15) is 0 Å². The van der Waals surface area contributed by atoms with Gasteiger partial charge in [-0.1, -0.05) is 53.1 Å². The Morgan fingerprint density at radius 1 is 0.897 bits per heavy atom. The van der Waals surface area contributed by atoms with Crippen molar-refractivity contribution in [2.45, 2.75) is 133 Å². The Morgan fingerprint density at radius 2 is 1.38 bits per heavy atom. The number of nitrogens with zero attached hydrogens (tertiary/aromatic N) is 1. The molecule has 2 fully saturated rings. The van der Waals surface area contributed by atoms with Crippen molar-refractivity contribution in [3.8, 4) is 5.75 Å². The summed E-state index contributed by atoms with van der Waals surface area (Å²) in [5, 5.41) is 1.38. The summed E-state index contributed by atoms with van der Waals surface area (Å²) in [4.78, 5) is 17.7. The number of fused-ring (bicyclic) bond motifs is 2. The molecule has 0 N–H and O–H groups in total. The highest BCUT2D eigenvalue weighted by atomic mass is 35.5. The molecule has 2 aliphatic rings. The fourth-order valence-electron chi connectivity index (χ4n) is 7.76. The van der Waals surface area contributed by atoms with E-state index in [0.717, 1.165) is 40.3 Å². The van der Waals surface area contributed by atoms with E-state index in [9.17, 15) is 4.79 Å². The first-order valence-corrected chi connectivity index (χ1v) is 18.3. The largest absolute Gasteiger partial charge is 0.542 e. The van der Waals surface area contributed by atoms with Gasteiger partial charge in [-0.15, -0.1) is 11.8 Å². The molecule has 6 heteroatoms. The zero-order chi connectivity index (χ0) is 28.6. The molecule has 4 rings (SSSR count). The lowest BCUT2D eigenvalue weighted by Gasteiger charge is -2.43. The van der Waals surface area contributed by atoms with Crippen LogP contribution >= 0.6 is 23.4 Å².